The Bertz CT molecular complexity index is 397. The summed E-state index contributed by atoms with van der Waals surface area (Å²) in [5, 5.41) is 0. The van der Waals surface area contributed by atoms with Gasteiger partial charge in [-0.2, -0.15) is 0 Å². The van der Waals surface area contributed by atoms with Gasteiger partial charge in [0.05, 0.1) is 10.6 Å². The predicted octanol–water partition coefficient (Wildman–Crippen LogP) is 3.51. The molecule has 0 radical (unpaired) electrons. The summed E-state index contributed by atoms with van der Waals surface area (Å²) in [5.74, 6) is 1.07. The fourth-order valence-corrected chi connectivity index (χ4v) is 2.23. The van der Waals surface area contributed by atoms with E-state index >= 15 is 0 Å². The third-order valence-electron chi connectivity index (χ3n) is 2.80. The van der Waals surface area contributed by atoms with E-state index in [4.69, 9.17) is 4.74 Å². The first-order valence-corrected chi connectivity index (χ1v) is 6.39. The number of rotatable bonds is 4. The first kappa shape index (κ1) is 11.6. The fourth-order valence-electron chi connectivity index (χ4n) is 1.71. The molecule has 0 saturated heterocycles. The molecule has 1 fully saturated rings. The van der Waals surface area contributed by atoms with Gasteiger partial charge in [0.25, 0.3) is 0 Å². The van der Waals surface area contributed by atoms with Gasteiger partial charge in [-0.3, -0.25) is 4.79 Å². The third kappa shape index (κ3) is 2.85. The highest BCUT2D eigenvalue weighted by molar-refractivity contribution is 9.10. The molecule has 1 aliphatic carbocycles. The van der Waals surface area contributed by atoms with E-state index < -0.39 is 0 Å². The summed E-state index contributed by atoms with van der Waals surface area (Å²) in [5.41, 5.74) is 1.03. The predicted molar refractivity (Wildman–Crippen MR) is 66.8 cm³/mol. The molecular formula is C13H15BrO2. The summed E-state index contributed by atoms with van der Waals surface area (Å²) < 4.78 is 6.75. The van der Waals surface area contributed by atoms with Crippen molar-refractivity contribution in [3.63, 3.8) is 0 Å². The lowest BCUT2D eigenvalue weighted by atomic mass is 9.96. The maximum atomic E-state index is 11.0. The van der Waals surface area contributed by atoms with Crippen LogP contribution in [0.4, 0.5) is 0 Å². The van der Waals surface area contributed by atoms with Gasteiger partial charge in [0, 0.05) is 6.42 Å². The summed E-state index contributed by atoms with van der Waals surface area (Å²) in [4.78, 5) is 11.0. The van der Waals surface area contributed by atoms with Gasteiger partial charge in [0.15, 0.2) is 0 Å². The zero-order valence-electron chi connectivity index (χ0n) is 9.33. The smallest absolute Gasteiger partial charge is 0.134 e. The van der Waals surface area contributed by atoms with Crippen LogP contribution in [-0.4, -0.2) is 11.9 Å². The number of ketones is 1. The largest absolute Gasteiger partial charge is 0.489 e. The second kappa shape index (κ2) is 5.00. The van der Waals surface area contributed by atoms with Gasteiger partial charge in [-0.05, 0) is 59.8 Å². The topological polar surface area (TPSA) is 26.3 Å². The number of ether oxygens (including phenoxy) is 1. The normalized spacial score (nSPS) is 15.6. The van der Waals surface area contributed by atoms with Crippen molar-refractivity contribution < 1.29 is 9.53 Å². The molecule has 0 atom stereocenters. The van der Waals surface area contributed by atoms with Crippen LogP contribution in [0.3, 0.4) is 0 Å². The van der Waals surface area contributed by atoms with E-state index in [1.807, 2.05) is 18.2 Å². The summed E-state index contributed by atoms with van der Waals surface area (Å²) in [6.45, 7) is 1.60. The van der Waals surface area contributed by atoms with Crippen LogP contribution >= 0.6 is 15.9 Å². The molecule has 0 spiro atoms. The summed E-state index contributed by atoms with van der Waals surface area (Å²) in [7, 11) is 0. The van der Waals surface area contributed by atoms with Crippen LogP contribution in [0.1, 0.15) is 31.7 Å². The standard InChI is InChI=1S/C13H15BrO2/c1-9(15)7-10-5-6-13(12(14)8-10)16-11-3-2-4-11/h5-6,8,11H,2-4,7H2,1H3. The molecule has 1 aliphatic rings. The highest BCUT2D eigenvalue weighted by Crippen LogP contribution is 2.31. The van der Waals surface area contributed by atoms with Crippen LogP contribution < -0.4 is 4.74 Å². The van der Waals surface area contributed by atoms with Crippen LogP contribution in [0.25, 0.3) is 0 Å². The quantitative estimate of drug-likeness (QED) is 0.845. The van der Waals surface area contributed by atoms with Crippen molar-refractivity contribution in [2.45, 2.75) is 38.7 Å². The first-order chi connectivity index (χ1) is 7.65. The number of carbonyl (C=O) groups is 1. The lowest BCUT2D eigenvalue weighted by Crippen LogP contribution is -2.24. The molecule has 0 aromatic heterocycles. The Morgan fingerprint density at radius 2 is 2.25 bits per heavy atom. The molecule has 86 valence electrons. The van der Waals surface area contributed by atoms with Crippen molar-refractivity contribution in [1.82, 2.24) is 0 Å². The molecule has 1 aromatic carbocycles. The molecule has 0 bridgehead atoms. The maximum Gasteiger partial charge on any atom is 0.134 e. The lowest BCUT2D eigenvalue weighted by molar-refractivity contribution is -0.116. The Morgan fingerprint density at radius 1 is 1.50 bits per heavy atom. The Balaban J connectivity index is 2.06. The Hall–Kier alpha value is -0.830. The molecule has 1 aromatic rings. The van der Waals surface area contributed by atoms with Crippen LogP contribution in [0.2, 0.25) is 0 Å². The van der Waals surface area contributed by atoms with E-state index in [0.29, 0.717) is 12.5 Å². The zero-order chi connectivity index (χ0) is 11.5. The van der Waals surface area contributed by atoms with Crippen molar-refractivity contribution in [2.24, 2.45) is 0 Å². The Labute approximate surface area is 104 Å². The Kier molecular flexibility index (Phi) is 3.64. The number of hydrogen-bond donors (Lipinski definition) is 0. The zero-order valence-corrected chi connectivity index (χ0v) is 10.9. The van der Waals surface area contributed by atoms with E-state index in [1.54, 1.807) is 6.92 Å². The molecule has 1 saturated carbocycles. The molecular weight excluding hydrogens is 268 g/mol. The number of carbonyl (C=O) groups excluding carboxylic acids is 1. The van der Waals surface area contributed by atoms with Crippen molar-refractivity contribution >= 4 is 21.7 Å². The maximum absolute atomic E-state index is 11.0. The van der Waals surface area contributed by atoms with Crippen molar-refractivity contribution in [2.75, 3.05) is 0 Å². The van der Waals surface area contributed by atoms with Crippen LogP contribution in [0, 0.1) is 0 Å². The fraction of sp³-hybridized carbons (Fsp3) is 0.462. The van der Waals surface area contributed by atoms with E-state index in [1.165, 1.54) is 6.42 Å². The van der Waals surface area contributed by atoms with E-state index in [-0.39, 0.29) is 5.78 Å². The Morgan fingerprint density at radius 3 is 2.75 bits per heavy atom. The molecule has 16 heavy (non-hydrogen) atoms. The van der Waals surface area contributed by atoms with Crippen LogP contribution in [0.15, 0.2) is 22.7 Å². The van der Waals surface area contributed by atoms with Crippen molar-refractivity contribution in [1.29, 1.82) is 0 Å². The monoisotopic (exact) mass is 282 g/mol. The number of halogens is 1. The molecule has 0 N–H and O–H groups in total. The molecule has 0 aliphatic heterocycles. The van der Waals surface area contributed by atoms with E-state index in [0.717, 1.165) is 28.6 Å². The minimum atomic E-state index is 0.180. The minimum Gasteiger partial charge on any atom is -0.489 e. The second-order valence-electron chi connectivity index (χ2n) is 4.31. The van der Waals surface area contributed by atoms with Gasteiger partial charge in [-0.25, -0.2) is 0 Å². The van der Waals surface area contributed by atoms with E-state index in [2.05, 4.69) is 15.9 Å². The van der Waals surface area contributed by atoms with Gasteiger partial charge < -0.3 is 4.74 Å². The SMILES string of the molecule is CC(=O)Cc1ccc(OC2CCC2)c(Br)c1. The summed E-state index contributed by atoms with van der Waals surface area (Å²) >= 11 is 3.48. The molecule has 3 heteroatoms. The van der Waals surface area contributed by atoms with Gasteiger partial charge >= 0.3 is 0 Å². The van der Waals surface area contributed by atoms with Gasteiger partial charge in [0.1, 0.15) is 11.5 Å². The second-order valence-corrected chi connectivity index (χ2v) is 5.17. The molecule has 2 nitrogen and oxygen atoms in total. The average Bonchev–Trinajstić information content (AvgIpc) is 2.12. The molecule has 0 amide bonds. The van der Waals surface area contributed by atoms with Gasteiger partial charge in [0.2, 0.25) is 0 Å². The third-order valence-corrected chi connectivity index (χ3v) is 3.41. The van der Waals surface area contributed by atoms with Crippen molar-refractivity contribution in [3.8, 4) is 5.75 Å². The highest BCUT2D eigenvalue weighted by Gasteiger charge is 2.20. The number of Topliss-reactive ketones (excluding diaryl/α,β-unsaturated/α-hetero) is 1. The van der Waals surface area contributed by atoms with Crippen LogP contribution in [-0.2, 0) is 11.2 Å². The van der Waals surface area contributed by atoms with E-state index in [9.17, 15) is 4.79 Å². The van der Waals surface area contributed by atoms with Crippen molar-refractivity contribution in [3.05, 3.63) is 28.2 Å². The molecule has 0 unspecified atom stereocenters. The molecule has 2 rings (SSSR count). The average molecular weight is 283 g/mol. The minimum absolute atomic E-state index is 0.180. The molecule has 0 heterocycles. The lowest BCUT2D eigenvalue weighted by Gasteiger charge is -2.27. The number of benzene rings is 1. The number of hydrogen-bond acceptors (Lipinski definition) is 2. The summed E-state index contributed by atoms with van der Waals surface area (Å²) in [6.07, 6.45) is 4.45. The first-order valence-electron chi connectivity index (χ1n) is 5.59. The summed E-state index contributed by atoms with van der Waals surface area (Å²) in [6, 6.07) is 5.87. The van der Waals surface area contributed by atoms with Gasteiger partial charge in [-0.1, -0.05) is 6.07 Å². The van der Waals surface area contributed by atoms with Crippen LogP contribution in [0.5, 0.6) is 5.75 Å². The highest BCUT2D eigenvalue weighted by atomic mass is 79.9. The van der Waals surface area contributed by atoms with Gasteiger partial charge in [-0.15, -0.1) is 0 Å².